The highest BCUT2D eigenvalue weighted by atomic mass is 14.8. The minimum atomic E-state index is 0.810. The molecular formula is C36H32N6. The minimum absolute atomic E-state index is 0.810. The molecule has 0 atom stereocenters. The second-order valence-corrected chi connectivity index (χ2v) is 9.79. The van der Waals surface area contributed by atoms with Gasteiger partial charge in [-0.25, -0.2) is 9.97 Å². The van der Waals surface area contributed by atoms with E-state index in [1.807, 2.05) is 149 Å². The molecule has 2 aromatic heterocycles. The molecule has 0 bridgehead atoms. The van der Waals surface area contributed by atoms with Crippen molar-refractivity contribution in [2.24, 2.45) is 20.0 Å². The molecule has 6 nitrogen and oxygen atoms in total. The van der Waals surface area contributed by atoms with Crippen LogP contribution in [-0.2, 0) is 0 Å². The van der Waals surface area contributed by atoms with Gasteiger partial charge in [0.2, 0.25) is 0 Å². The van der Waals surface area contributed by atoms with Crippen molar-refractivity contribution < 1.29 is 0 Å². The summed E-state index contributed by atoms with van der Waals surface area (Å²) in [6.45, 7) is 7.87. The first-order valence-corrected chi connectivity index (χ1v) is 13.8. The van der Waals surface area contributed by atoms with Crippen molar-refractivity contribution in [1.82, 2.24) is 9.97 Å². The van der Waals surface area contributed by atoms with Gasteiger partial charge in [-0.3, -0.25) is 20.0 Å². The first kappa shape index (κ1) is 28.2. The van der Waals surface area contributed by atoms with Crippen molar-refractivity contribution in [2.45, 2.75) is 27.7 Å². The maximum absolute atomic E-state index is 4.80. The summed E-state index contributed by atoms with van der Waals surface area (Å²) >= 11 is 0. The van der Waals surface area contributed by atoms with Gasteiger partial charge in [-0.15, -0.1) is 0 Å². The van der Waals surface area contributed by atoms with Gasteiger partial charge in [0.25, 0.3) is 0 Å². The second kappa shape index (κ2) is 13.3. The molecular weight excluding hydrogens is 516 g/mol. The van der Waals surface area contributed by atoms with E-state index in [0.717, 1.165) is 68.4 Å². The molecule has 6 heteroatoms. The van der Waals surface area contributed by atoms with E-state index in [1.54, 1.807) is 0 Å². The summed E-state index contributed by atoms with van der Waals surface area (Å²) in [5, 5.41) is 0. The molecule has 0 amide bonds. The molecule has 0 aliphatic heterocycles. The SMILES string of the molecule is C/C(=N\c1ccccc1)c1cccc(/C(C)=N/c2ccc(/N=C(\C)c3cccc(/C(C)=N/c4ccccc4)n3)cc2)n1. The number of aromatic nitrogens is 2. The number of para-hydroxylation sites is 2. The summed E-state index contributed by atoms with van der Waals surface area (Å²) in [6, 6.07) is 39.5. The Bertz CT molecular complexity index is 1650. The number of nitrogens with zero attached hydrogens (tertiary/aromatic N) is 6. The molecule has 0 radical (unpaired) electrons. The molecule has 0 unspecified atom stereocenters. The van der Waals surface area contributed by atoms with Crippen LogP contribution in [0.5, 0.6) is 0 Å². The van der Waals surface area contributed by atoms with Crippen LogP contribution in [0.1, 0.15) is 50.5 Å². The predicted octanol–water partition coefficient (Wildman–Crippen LogP) is 9.04. The summed E-state index contributed by atoms with van der Waals surface area (Å²) in [7, 11) is 0. The number of pyridine rings is 2. The second-order valence-electron chi connectivity index (χ2n) is 9.79. The minimum Gasteiger partial charge on any atom is -0.252 e. The average molecular weight is 549 g/mol. The topological polar surface area (TPSA) is 75.2 Å². The van der Waals surface area contributed by atoms with Crippen molar-refractivity contribution in [1.29, 1.82) is 0 Å². The lowest BCUT2D eigenvalue weighted by atomic mass is 10.2. The van der Waals surface area contributed by atoms with E-state index < -0.39 is 0 Å². The normalized spacial score (nSPS) is 12.9. The Hall–Kier alpha value is -5.36. The molecule has 206 valence electrons. The van der Waals surface area contributed by atoms with Crippen LogP contribution in [0.2, 0.25) is 0 Å². The van der Waals surface area contributed by atoms with E-state index in [2.05, 4.69) is 0 Å². The largest absolute Gasteiger partial charge is 0.252 e. The van der Waals surface area contributed by atoms with Gasteiger partial charge in [0.15, 0.2) is 0 Å². The summed E-state index contributed by atoms with van der Waals surface area (Å²) < 4.78 is 0. The van der Waals surface area contributed by atoms with E-state index in [-0.39, 0.29) is 0 Å². The first-order chi connectivity index (χ1) is 20.4. The first-order valence-electron chi connectivity index (χ1n) is 13.8. The summed E-state index contributed by atoms with van der Waals surface area (Å²) in [5.74, 6) is 0. The van der Waals surface area contributed by atoms with E-state index in [0.29, 0.717) is 0 Å². The van der Waals surface area contributed by atoms with Gasteiger partial charge in [0, 0.05) is 0 Å². The molecule has 0 saturated heterocycles. The van der Waals surface area contributed by atoms with Crippen LogP contribution in [-0.4, -0.2) is 32.8 Å². The molecule has 5 rings (SSSR count). The Labute approximate surface area is 247 Å². The lowest BCUT2D eigenvalue weighted by molar-refractivity contribution is 1.24. The molecule has 0 fully saturated rings. The molecule has 2 heterocycles. The van der Waals surface area contributed by atoms with Crippen LogP contribution in [0.3, 0.4) is 0 Å². The van der Waals surface area contributed by atoms with Crippen LogP contribution in [0.4, 0.5) is 22.7 Å². The predicted molar refractivity (Wildman–Crippen MR) is 175 cm³/mol. The van der Waals surface area contributed by atoms with Gasteiger partial charge < -0.3 is 0 Å². The molecule has 3 aromatic carbocycles. The van der Waals surface area contributed by atoms with Crippen molar-refractivity contribution >= 4 is 45.6 Å². The maximum Gasteiger partial charge on any atom is 0.0849 e. The van der Waals surface area contributed by atoms with E-state index >= 15 is 0 Å². The molecule has 42 heavy (non-hydrogen) atoms. The zero-order chi connectivity index (χ0) is 29.3. The molecule has 0 saturated carbocycles. The Balaban J connectivity index is 1.30. The third kappa shape index (κ3) is 7.43. The zero-order valence-corrected chi connectivity index (χ0v) is 24.2. The Morgan fingerprint density at radius 2 is 0.595 bits per heavy atom. The maximum atomic E-state index is 4.80. The highest BCUT2D eigenvalue weighted by Gasteiger charge is 2.07. The number of rotatable bonds is 8. The van der Waals surface area contributed by atoms with Gasteiger partial charge in [-0.05, 0) is 100 Å². The summed E-state index contributed by atoms with van der Waals surface area (Å²) in [6.07, 6.45) is 0. The van der Waals surface area contributed by atoms with Crippen molar-refractivity contribution in [3.05, 3.63) is 144 Å². The average Bonchev–Trinajstić information content (AvgIpc) is 3.03. The van der Waals surface area contributed by atoms with E-state index in [9.17, 15) is 0 Å². The highest BCUT2D eigenvalue weighted by Crippen LogP contribution is 2.21. The number of benzene rings is 3. The van der Waals surface area contributed by atoms with Crippen LogP contribution in [0.25, 0.3) is 0 Å². The third-order valence-electron chi connectivity index (χ3n) is 6.53. The Morgan fingerprint density at radius 1 is 0.333 bits per heavy atom. The van der Waals surface area contributed by atoms with Crippen molar-refractivity contribution in [3.8, 4) is 0 Å². The lowest BCUT2D eigenvalue weighted by Crippen LogP contribution is -2.05. The molecule has 0 N–H and O–H groups in total. The number of hydrogen-bond acceptors (Lipinski definition) is 6. The van der Waals surface area contributed by atoms with Crippen LogP contribution >= 0.6 is 0 Å². The molecule has 5 aromatic rings. The monoisotopic (exact) mass is 548 g/mol. The Kier molecular flexibility index (Phi) is 8.94. The van der Waals surface area contributed by atoms with Crippen molar-refractivity contribution in [2.75, 3.05) is 0 Å². The van der Waals surface area contributed by atoms with Gasteiger partial charge in [-0.1, -0.05) is 48.5 Å². The summed E-state index contributed by atoms with van der Waals surface area (Å²) in [5.41, 5.74) is 10.1. The highest BCUT2D eigenvalue weighted by molar-refractivity contribution is 6.03. The van der Waals surface area contributed by atoms with Gasteiger partial charge in [0.05, 0.1) is 68.4 Å². The fourth-order valence-electron chi connectivity index (χ4n) is 4.29. The molecule has 0 aliphatic rings. The fourth-order valence-corrected chi connectivity index (χ4v) is 4.29. The van der Waals surface area contributed by atoms with Crippen LogP contribution < -0.4 is 0 Å². The number of aliphatic imine (C=N–C) groups is 4. The summed E-state index contributed by atoms with van der Waals surface area (Å²) in [4.78, 5) is 28.6. The lowest BCUT2D eigenvalue weighted by Gasteiger charge is -2.06. The van der Waals surface area contributed by atoms with Crippen LogP contribution in [0, 0.1) is 0 Å². The van der Waals surface area contributed by atoms with Gasteiger partial charge >= 0.3 is 0 Å². The van der Waals surface area contributed by atoms with Crippen molar-refractivity contribution in [3.63, 3.8) is 0 Å². The fraction of sp³-hybridized carbons (Fsp3) is 0.111. The Morgan fingerprint density at radius 3 is 0.881 bits per heavy atom. The smallest absolute Gasteiger partial charge is 0.0849 e. The third-order valence-corrected chi connectivity index (χ3v) is 6.53. The van der Waals surface area contributed by atoms with E-state index in [1.165, 1.54) is 0 Å². The van der Waals surface area contributed by atoms with E-state index in [4.69, 9.17) is 29.9 Å². The molecule has 0 spiro atoms. The van der Waals surface area contributed by atoms with Gasteiger partial charge in [0.1, 0.15) is 0 Å². The quantitative estimate of drug-likeness (QED) is 0.181. The zero-order valence-electron chi connectivity index (χ0n) is 24.2. The van der Waals surface area contributed by atoms with Crippen LogP contribution in [0.15, 0.2) is 141 Å². The number of hydrogen-bond donors (Lipinski definition) is 0. The standard InChI is InChI=1S/C36H32N6/c1-25(37-29-13-7-5-8-14-29)33-17-11-19-35(41-33)27(3)39-31-21-23-32(24-22-31)40-28(4)36-20-12-18-34(42-36)26(2)38-30-15-9-6-10-16-30/h5-24H,1-4H3/b37-25+,38-26+,39-27+,40-28+. The van der Waals surface area contributed by atoms with Gasteiger partial charge in [-0.2, -0.15) is 0 Å². The molecule has 0 aliphatic carbocycles.